The molecule has 0 fully saturated rings. The molecule has 2 N–H and O–H groups in total. The second kappa shape index (κ2) is 2.90. The Hall–Kier alpha value is -0.830. The molecule has 0 aliphatic carbocycles. The van der Waals surface area contributed by atoms with E-state index in [-0.39, 0.29) is 11.9 Å². The molecule has 3 heteroatoms. The topological polar surface area (TPSA) is 43.1 Å². The van der Waals surface area contributed by atoms with Crippen molar-refractivity contribution in [2.45, 2.75) is 19.4 Å². The van der Waals surface area contributed by atoms with Crippen molar-refractivity contribution < 1.29 is 9.28 Å². The Morgan fingerprint density at radius 1 is 1.67 bits per heavy atom. The van der Waals surface area contributed by atoms with Crippen LogP contribution in [0, 0.1) is 0 Å². The van der Waals surface area contributed by atoms with Gasteiger partial charge in [-0.3, -0.25) is 4.79 Å². The van der Waals surface area contributed by atoms with Gasteiger partial charge in [-0.15, -0.1) is 0 Å². The average Bonchev–Trinajstić information content (AvgIpc) is 1.94. The summed E-state index contributed by atoms with van der Waals surface area (Å²) in [6, 6.07) is -0.0463. The van der Waals surface area contributed by atoms with E-state index in [0.29, 0.717) is 4.48 Å². The summed E-state index contributed by atoms with van der Waals surface area (Å²) in [5, 5.41) is 0. The molecule has 0 aromatic heterocycles. The third kappa shape index (κ3) is 1.67. The van der Waals surface area contributed by atoms with Crippen molar-refractivity contribution in [1.29, 1.82) is 0 Å². The molecule has 0 aromatic carbocycles. The summed E-state index contributed by atoms with van der Waals surface area (Å²) < 4.78 is 0.687. The number of likely N-dealkylation sites (N-methyl/N-ethyl adjacent to an activating group) is 1. The van der Waals surface area contributed by atoms with Crippen molar-refractivity contribution in [3.63, 3.8) is 0 Å². The Balaban J connectivity index is 2.85. The fourth-order valence-corrected chi connectivity index (χ4v) is 1.60. The van der Waals surface area contributed by atoms with Crippen LogP contribution < -0.4 is 5.73 Å². The quantitative estimate of drug-likeness (QED) is 0.444. The van der Waals surface area contributed by atoms with Gasteiger partial charge in [-0.1, -0.05) is 5.57 Å². The van der Waals surface area contributed by atoms with Gasteiger partial charge in [0.2, 0.25) is 0 Å². The Kier molecular flexibility index (Phi) is 2.24. The summed E-state index contributed by atoms with van der Waals surface area (Å²) in [5.41, 5.74) is 6.60. The van der Waals surface area contributed by atoms with Crippen LogP contribution in [0.5, 0.6) is 0 Å². The van der Waals surface area contributed by atoms with Gasteiger partial charge in [-0.05, 0) is 13.0 Å². The molecule has 0 radical (unpaired) electrons. The van der Waals surface area contributed by atoms with Crippen LogP contribution in [0.25, 0.3) is 0 Å². The number of amides is 1. The first kappa shape index (κ1) is 9.26. The van der Waals surface area contributed by atoms with E-state index in [0.717, 1.165) is 13.0 Å². The maximum Gasteiger partial charge on any atom is 0.276 e. The number of nitrogens with zero attached hydrogens (tertiary/aromatic N) is 1. The molecule has 0 spiro atoms. The molecular weight excluding hydrogens is 152 g/mol. The van der Waals surface area contributed by atoms with Gasteiger partial charge in [-0.25, -0.2) is 0 Å². The second-order valence-corrected chi connectivity index (χ2v) is 4.13. The monoisotopic (exact) mass is 169 g/mol. The molecule has 3 nitrogen and oxygen atoms in total. The minimum absolute atomic E-state index is 0.0463. The predicted molar refractivity (Wildman–Crippen MR) is 48.3 cm³/mol. The van der Waals surface area contributed by atoms with Crippen molar-refractivity contribution in [3.05, 3.63) is 11.6 Å². The highest BCUT2D eigenvalue weighted by molar-refractivity contribution is 5.79. The number of carbonyl (C=O) groups is 1. The maximum absolute atomic E-state index is 11.1. The zero-order chi connectivity index (χ0) is 9.35. The molecule has 0 aromatic rings. The fraction of sp³-hybridized carbons (Fsp3) is 0.667. The van der Waals surface area contributed by atoms with E-state index in [9.17, 15) is 4.79 Å². The van der Waals surface area contributed by atoms with Crippen molar-refractivity contribution in [2.24, 2.45) is 5.73 Å². The number of hydrogen-bond donors (Lipinski definition) is 1. The molecule has 1 unspecified atom stereocenters. The second-order valence-electron chi connectivity index (χ2n) is 4.13. The Morgan fingerprint density at radius 3 is 2.67 bits per heavy atom. The molecule has 0 bridgehead atoms. The van der Waals surface area contributed by atoms with Crippen LogP contribution in [0.4, 0.5) is 0 Å². The van der Waals surface area contributed by atoms with Crippen molar-refractivity contribution in [2.75, 3.05) is 20.6 Å². The van der Waals surface area contributed by atoms with Crippen LogP contribution in [0.1, 0.15) is 13.3 Å². The van der Waals surface area contributed by atoms with Crippen LogP contribution in [-0.4, -0.2) is 37.1 Å². The van der Waals surface area contributed by atoms with Crippen molar-refractivity contribution in [3.8, 4) is 0 Å². The zero-order valence-electron chi connectivity index (χ0n) is 8.00. The highest BCUT2D eigenvalue weighted by Crippen LogP contribution is 2.20. The standard InChI is InChI=1S/C9H16N2O/c1-7-4-5-11(2,3)8(6-7)9(10)12/h4,8H,5-6H2,1-3H3,(H-,10,12)/p+1. The summed E-state index contributed by atoms with van der Waals surface area (Å²) in [6.45, 7) is 2.95. The minimum Gasteiger partial charge on any atom is -0.364 e. The summed E-state index contributed by atoms with van der Waals surface area (Å²) >= 11 is 0. The van der Waals surface area contributed by atoms with Gasteiger partial charge < -0.3 is 10.2 Å². The lowest BCUT2D eigenvalue weighted by molar-refractivity contribution is -0.901. The third-order valence-electron chi connectivity index (χ3n) is 2.60. The van der Waals surface area contributed by atoms with Crippen LogP contribution in [-0.2, 0) is 4.79 Å². The van der Waals surface area contributed by atoms with E-state index < -0.39 is 0 Å². The highest BCUT2D eigenvalue weighted by atomic mass is 16.1. The van der Waals surface area contributed by atoms with Gasteiger partial charge in [-0.2, -0.15) is 0 Å². The molecule has 1 rings (SSSR count). The summed E-state index contributed by atoms with van der Waals surface area (Å²) in [5.74, 6) is -0.188. The molecule has 1 atom stereocenters. The highest BCUT2D eigenvalue weighted by Gasteiger charge is 2.35. The lowest BCUT2D eigenvalue weighted by Gasteiger charge is -2.38. The first-order chi connectivity index (χ1) is 5.43. The van der Waals surface area contributed by atoms with E-state index in [4.69, 9.17) is 5.73 Å². The first-order valence-corrected chi connectivity index (χ1v) is 4.21. The Labute approximate surface area is 73.4 Å². The largest absolute Gasteiger partial charge is 0.364 e. The minimum atomic E-state index is -0.188. The third-order valence-corrected chi connectivity index (χ3v) is 2.60. The summed E-state index contributed by atoms with van der Waals surface area (Å²) in [4.78, 5) is 11.1. The van der Waals surface area contributed by atoms with Crippen molar-refractivity contribution in [1.82, 2.24) is 0 Å². The summed E-state index contributed by atoms with van der Waals surface area (Å²) in [7, 11) is 4.08. The van der Waals surface area contributed by atoms with E-state index >= 15 is 0 Å². The molecule has 68 valence electrons. The van der Waals surface area contributed by atoms with E-state index in [2.05, 4.69) is 13.0 Å². The Bertz CT molecular complexity index is 231. The number of nitrogens with two attached hydrogens (primary N) is 1. The first-order valence-electron chi connectivity index (χ1n) is 4.21. The normalized spacial score (nSPS) is 27.9. The van der Waals surface area contributed by atoms with E-state index in [1.165, 1.54) is 5.57 Å². The molecule has 1 amide bonds. The maximum atomic E-state index is 11.1. The number of rotatable bonds is 1. The number of carbonyl (C=O) groups excluding carboxylic acids is 1. The molecule has 0 saturated heterocycles. The molecule has 1 heterocycles. The SMILES string of the molecule is CC1=CC[N+](C)(C)C(C(N)=O)C1. The van der Waals surface area contributed by atoms with Crippen LogP contribution in [0.3, 0.4) is 0 Å². The molecule has 1 aliphatic heterocycles. The molecule has 12 heavy (non-hydrogen) atoms. The number of primary amides is 1. The van der Waals surface area contributed by atoms with Gasteiger partial charge in [0.15, 0.2) is 6.04 Å². The van der Waals surface area contributed by atoms with Gasteiger partial charge >= 0.3 is 0 Å². The van der Waals surface area contributed by atoms with Gasteiger partial charge in [0.1, 0.15) is 0 Å². The molecular formula is C9H17N2O+. The number of hydrogen-bond acceptors (Lipinski definition) is 1. The van der Waals surface area contributed by atoms with E-state index in [1.807, 2.05) is 14.1 Å². The van der Waals surface area contributed by atoms with Crippen molar-refractivity contribution >= 4 is 5.91 Å². The van der Waals surface area contributed by atoms with E-state index in [1.54, 1.807) is 0 Å². The lowest BCUT2D eigenvalue weighted by atomic mass is 9.99. The van der Waals surface area contributed by atoms with Gasteiger partial charge in [0.05, 0.1) is 20.6 Å². The van der Waals surface area contributed by atoms with Crippen LogP contribution in [0.15, 0.2) is 11.6 Å². The number of quaternary nitrogens is 1. The zero-order valence-corrected chi connectivity index (χ0v) is 8.00. The Morgan fingerprint density at radius 2 is 2.25 bits per heavy atom. The van der Waals surface area contributed by atoms with Gasteiger partial charge in [0, 0.05) is 6.42 Å². The smallest absolute Gasteiger partial charge is 0.276 e. The average molecular weight is 169 g/mol. The lowest BCUT2D eigenvalue weighted by Crippen LogP contribution is -2.56. The summed E-state index contributed by atoms with van der Waals surface area (Å²) in [6.07, 6.45) is 2.99. The molecule has 1 aliphatic rings. The molecule has 0 saturated carbocycles. The predicted octanol–water partition coefficient (Wildman–Crippen LogP) is 0.267. The van der Waals surface area contributed by atoms with Crippen LogP contribution >= 0.6 is 0 Å². The van der Waals surface area contributed by atoms with Gasteiger partial charge in [0.25, 0.3) is 5.91 Å². The fourth-order valence-electron chi connectivity index (χ4n) is 1.60. The van der Waals surface area contributed by atoms with Crippen LogP contribution in [0.2, 0.25) is 0 Å².